The van der Waals surface area contributed by atoms with Crippen LogP contribution in [-0.2, 0) is 19.5 Å². The number of hydrogen-bond acceptors (Lipinski definition) is 4. The van der Waals surface area contributed by atoms with Gasteiger partial charge in [-0.15, -0.1) is 0 Å². The Morgan fingerprint density at radius 1 is 1.12 bits per heavy atom. The van der Waals surface area contributed by atoms with Gasteiger partial charge in [-0.2, -0.15) is 5.10 Å². The van der Waals surface area contributed by atoms with Crippen molar-refractivity contribution in [3.05, 3.63) is 46.5 Å². The standard InChI is InChI=1S/C18H25ClN4O/c19-16-7-5-6-15(12-16)13-17-20-18(23(21-17)10-11-24)14-22-8-3-1-2-4-9-22/h5-7,12,24H,1-4,8-11,13-14H2. The Morgan fingerprint density at radius 3 is 2.62 bits per heavy atom. The Labute approximate surface area is 148 Å². The second-order valence-corrected chi connectivity index (χ2v) is 6.82. The lowest BCUT2D eigenvalue weighted by molar-refractivity contribution is 0.244. The van der Waals surface area contributed by atoms with Crippen molar-refractivity contribution < 1.29 is 5.11 Å². The predicted molar refractivity (Wildman–Crippen MR) is 95.1 cm³/mol. The van der Waals surface area contributed by atoms with Gasteiger partial charge in [0.1, 0.15) is 5.82 Å². The van der Waals surface area contributed by atoms with Crippen molar-refractivity contribution in [3.63, 3.8) is 0 Å². The van der Waals surface area contributed by atoms with Gasteiger partial charge in [0.2, 0.25) is 0 Å². The molecule has 0 saturated carbocycles. The molecule has 2 heterocycles. The van der Waals surface area contributed by atoms with Crippen molar-refractivity contribution in [2.24, 2.45) is 0 Å². The van der Waals surface area contributed by atoms with Crippen LogP contribution in [0, 0.1) is 0 Å². The molecule has 1 aromatic carbocycles. The highest BCUT2D eigenvalue weighted by atomic mass is 35.5. The Bertz CT molecular complexity index is 650. The lowest BCUT2D eigenvalue weighted by Crippen LogP contribution is -2.26. The number of aromatic nitrogens is 3. The molecule has 0 amide bonds. The second kappa shape index (κ2) is 8.60. The first-order chi connectivity index (χ1) is 11.7. The van der Waals surface area contributed by atoms with Crippen LogP contribution in [0.3, 0.4) is 0 Å². The highest BCUT2D eigenvalue weighted by Crippen LogP contribution is 2.15. The van der Waals surface area contributed by atoms with E-state index in [1.807, 2.05) is 28.9 Å². The molecule has 24 heavy (non-hydrogen) atoms. The molecule has 130 valence electrons. The average Bonchev–Trinajstić information content (AvgIpc) is 2.76. The van der Waals surface area contributed by atoms with Crippen LogP contribution in [0.15, 0.2) is 24.3 Å². The third-order valence-corrected chi connectivity index (χ3v) is 4.65. The number of aliphatic hydroxyl groups is 1. The first-order valence-corrected chi connectivity index (χ1v) is 9.12. The number of likely N-dealkylation sites (tertiary alicyclic amines) is 1. The van der Waals surface area contributed by atoms with E-state index in [-0.39, 0.29) is 6.61 Å². The Hall–Kier alpha value is -1.43. The van der Waals surface area contributed by atoms with Crippen LogP contribution in [0.1, 0.15) is 42.9 Å². The molecule has 6 heteroatoms. The lowest BCUT2D eigenvalue weighted by Gasteiger charge is -2.19. The highest BCUT2D eigenvalue weighted by Gasteiger charge is 2.15. The highest BCUT2D eigenvalue weighted by molar-refractivity contribution is 6.30. The van der Waals surface area contributed by atoms with Crippen molar-refractivity contribution in [2.75, 3.05) is 19.7 Å². The fraction of sp³-hybridized carbons (Fsp3) is 0.556. The fourth-order valence-corrected chi connectivity index (χ4v) is 3.43. The van der Waals surface area contributed by atoms with Gasteiger partial charge in [0, 0.05) is 11.4 Å². The largest absolute Gasteiger partial charge is 0.394 e. The summed E-state index contributed by atoms with van der Waals surface area (Å²) in [5.41, 5.74) is 1.10. The van der Waals surface area contributed by atoms with Gasteiger partial charge in [-0.3, -0.25) is 4.90 Å². The molecule has 1 fully saturated rings. The van der Waals surface area contributed by atoms with Crippen molar-refractivity contribution in [1.29, 1.82) is 0 Å². The normalized spacial score (nSPS) is 16.2. The van der Waals surface area contributed by atoms with Crippen molar-refractivity contribution in [3.8, 4) is 0 Å². The Kier molecular flexibility index (Phi) is 6.24. The molecule has 0 radical (unpaired) electrons. The number of aliphatic hydroxyl groups excluding tert-OH is 1. The summed E-state index contributed by atoms with van der Waals surface area (Å²) in [6.07, 6.45) is 5.80. The smallest absolute Gasteiger partial charge is 0.155 e. The van der Waals surface area contributed by atoms with E-state index in [0.717, 1.165) is 41.9 Å². The Morgan fingerprint density at radius 2 is 1.92 bits per heavy atom. The molecule has 2 aromatic rings. The van der Waals surface area contributed by atoms with Gasteiger partial charge in [0.15, 0.2) is 5.82 Å². The summed E-state index contributed by atoms with van der Waals surface area (Å²) in [4.78, 5) is 7.19. The zero-order valence-corrected chi connectivity index (χ0v) is 14.8. The summed E-state index contributed by atoms with van der Waals surface area (Å²) in [6.45, 7) is 3.62. The predicted octanol–water partition coefficient (Wildman–Crippen LogP) is 2.89. The van der Waals surface area contributed by atoms with Gasteiger partial charge in [0.05, 0.1) is 19.7 Å². The topological polar surface area (TPSA) is 54.2 Å². The summed E-state index contributed by atoms with van der Waals surface area (Å²) < 4.78 is 1.85. The van der Waals surface area contributed by atoms with Crippen LogP contribution in [-0.4, -0.2) is 44.5 Å². The van der Waals surface area contributed by atoms with E-state index in [9.17, 15) is 5.11 Å². The van der Waals surface area contributed by atoms with E-state index >= 15 is 0 Å². The fourth-order valence-electron chi connectivity index (χ4n) is 3.22. The summed E-state index contributed by atoms with van der Waals surface area (Å²) in [7, 11) is 0. The van der Waals surface area contributed by atoms with Crippen molar-refractivity contribution in [1.82, 2.24) is 19.7 Å². The molecular weight excluding hydrogens is 324 g/mol. The van der Waals surface area contributed by atoms with Crippen LogP contribution in [0.4, 0.5) is 0 Å². The average molecular weight is 349 g/mol. The van der Waals surface area contributed by atoms with Crippen LogP contribution in [0.25, 0.3) is 0 Å². The molecule has 0 atom stereocenters. The minimum Gasteiger partial charge on any atom is -0.394 e. The van der Waals surface area contributed by atoms with E-state index in [1.165, 1.54) is 25.7 Å². The van der Waals surface area contributed by atoms with Crippen LogP contribution in [0.2, 0.25) is 5.02 Å². The van der Waals surface area contributed by atoms with Gasteiger partial charge in [-0.05, 0) is 43.6 Å². The van der Waals surface area contributed by atoms with E-state index in [0.29, 0.717) is 13.0 Å². The molecule has 0 bridgehead atoms. The van der Waals surface area contributed by atoms with E-state index in [1.54, 1.807) is 0 Å². The monoisotopic (exact) mass is 348 g/mol. The summed E-state index contributed by atoms with van der Waals surface area (Å²) in [5, 5.41) is 14.6. The summed E-state index contributed by atoms with van der Waals surface area (Å²) >= 11 is 6.06. The minimum atomic E-state index is 0.0764. The third kappa shape index (κ3) is 4.79. The maximum Gasteiger partial charge on any atom is 0.155 e. The molecule has 5 nitrogen and oxygen atoms in total. The van der Waals surface area contributed by atoms with Crippen molar-refractivity contribution in [2.45, 2.75) is 45.2 Å². The first-order valence-electron chi connectivity index (χ1n) is 8.75. The molecule has 1 aliphatic rings. The molecule has 3 rings (SSSR count). The van der Waals surface area contributed by atoms with Crippen LogP contribution < -0.4 is 0 Å². The first kappa shape index (κ1) is 17.4. The number of benzene rings is 1. The molecule has 1 N–H and O–H groups in total. The summed E-state index contributed by atoms with van der Waals surface area (Å²) in [5.74, 6) is 1.73. The maximum absolute atomic E-state index is 9.31. The zero-order valence-electron chi connectivity index (χ0n) is 14.0. The molecule has 1 aliphatic heterocycles. The van der Waals surface area contributed by atoms with Gasteiger partial charge in [0.25, 0.3) is 0 Å². The molecule has 0 unspecified atom stereocenters. The Balaban J connectivity index is 1.74. The van der Waals surface area contributed by atoms with Gasteiger partial charge < -0.3 is 5.11 Å². The van der Waals surface area contributed by atoms with E-state index in [4.69, 9.17) is 16.6 Å². The number of halogens is 1. The van der Waals surface area contributed by atoms with Gasteiger partial charge >= 0.3 is 0 Å². The maximum atomic E-state index is 9.31. The SMILES string of the molecule is OCCn1nc(Cc2cccc(Cl)c2)nc1CN1CCCCCC1. The quantitative estimate of drug-likeness (QED) is 0.872. The zero-order chi connectivity index (χ0) is 16.8. The summed E-state index contributed by atoms with van der Waals surface area (Å²) in [6, 6.07) is 7.80. The molecule has 1 aromatic heterocycles. The van der Waals surface area contributed by atoms with Crippen LogP contribution >= 0.6 is 11.6 Å². The van der Waals surface area contributed by atoms with Crippen molar-refractivity contribution >= 4 is 11.6 Å². The van der Waals surface area contributed by atoms with Crippen LogP contribution in [0.5, 0.6) is 0 Å². The lowest BCUT2D eigenvalue weighted by atomic mass is 10.1. The second-order valence-electron chi connectivity index (χ2n) is 6.39. The van der Waals surface area contributed by atoms with Gasteiger partial charge in [-0.1, -0.05) is 36.6 Å². The van der Waals surface area contributed by atoms with Gasteiger partial charge in [-0.25, -0.2) is 9.67 Å². The minimum absolute atomic E-state index is 0.0764. The van der Waals surface area contributed by atoms with E-state index < -0.39 is 0 Å². The molecule has 0 spiro atoms. The molecule has 0 aliphatic carbocycles. The third-order valence-electron chi connectivity index (χ3n) is 4.42. The number of rotatable bonds is 6. The number of nitrogens with zero attached hydrogens (tertiary/aromatic N) is 4. The number of hydrogen-bond donors (Lipinski definition) is 1. The molecule has 1 saturated heterocycles. The van der Waals surface area contributed by atoms with E-state index in [2.05, 4.69) is 10.00 Å². The molecular formula is C18H25ClN4O.